The van der Waals surface area contributed by atoms with Gasteiger partial charge in [-0.1, -0.05) is 17.7 Å². The van der Waals surface area contributed by atoms with Gasteiger partial charge in [0.25, 0.3) is 5.91 Å². The lowest BCUT2D eigenvalue weighted by Gasteiger charge is -2.35. The molecule has 3 rings (SSSR count). The highest BCUT2D eigenvalue weighted by atomic mass is 16.2. The van der Waals surface area contributed by atoms with Crippen molar-refractivity contribution in [3.05, 3.63) is 53.9 Å². The molecule has 6 nitrogen and oxygen atoms in total. The van der Waals surface area contributed by atoms with Gasteiger partial charge in [-0.25, -0.2) is 0 Å². The molecular weight excluding hydrogens is 316 g/mol. The summed E-state index contributed by atoms with van der Waals surface area (Å²) >= 11 is 0. The van der Waals surface area contributed by atoms with E-state index in [0.717, 1.165) is 30.0 Å². The number of pyridine rings is 1. The zero-order chi connectivity index (χ0) is 17.8. The molecule has 1 aromatic heterocycles. The fourth-order valence-electron chi connectivity index (χ4n) is 2.84. The van der Waals surface area contributed by atoms with Gasteiger partial charge in [-0.2, -0.15) is 0 Å². The van der Waals surface area contributed by atoms with E-state index >= 15 is 0 Å². The van der Waals surface area contributed by atoms with Crippen LogP contribution in [0, 0.1) is 6.92 Å². The zero-order valence-corrected chi connectivity index (χ0v) is 14.5. The van der Waals surface area contributed by atoms with Crippen LogP contribution in [0.4, 0.5) is 11.4 Å². The largest absolute Gasteiger partial charge is 0.367 e. The van der Waals surface area contributed by atoms with Crippen molar-refractivity contribution in [2.75, 3.05) is 36.4 Å². The maximum atomic E-state index is 12.5. The molecule has 25 heavy (non-hydrogen) atoms. The predicted octanol–water partition coefficient (Wildman–Crippen LogP) is 2.31. The Labute approximate surface area is 147 Å². The van der Waals surface area contributed by atoms with Crippen LogP contribution >= 0.6 is 0 Å². The number of nitrogens with one attached hydrogen (secondary N) is 1. The molecule has 1 aliphatic heterocycles. The molecular formula is C19H22N4O2. The summed E-state index contributed by atoms with van der Waals surface area (Å²) in [5.41, 5.74) is 3.33. The predicted molar refractivity (Wildman–Crippen MR) is 97.8 cm³/mol. The molecule has 0 spiro atoms. The normalized spacial score (nSPS) is 14.3. The first kappa shape index (κ1) is 17.0. The highest BCUT2D eigenvalue weighted by Gasteiger charge is 2.19. The molecule has 0 aliphatic carbocycles. The van der Waals surface area contributed by atoms with Gasteiger partial charge in [0, 0.05) is 45.0 Å². The van der Waals surface area contributed by atoms with Gasteiger partial charge >= 0.3 is 0 Å². The number of aryl methyl sites for hydroxylation is 1. The number of hydrogen-bond acceptors (Lipinski definition) is 4. The molecule has 1 aliphatic rings. The van der Waals surface area contributed by atoms with Crippen molar-refractivity contribution in [3.8, 4) is 0 Å². The number of anilines is 2. The summed E-state index contributed by atoms with van der Waals surface area (Å²) in [5, 5.41) is 2.89. The number of benzene rings is 1. The molecule has 1 fully saturated rings. The number of nitrogens with zero attached hydrogens (tertiary/aromatic N) is 3. The van der Waals surface area contributed by atoms with E-state index in [1.54, 1.807) is 19.3 Å². The quantitative estimate of drug-likeness (QED) is 0.933. The Bertz CT molecular complexity index is 765. The van der Waals surface area contributed by atoms with Crippen molar-refractivity contribution in [3.63, 3.8) is 0 Å². The third-order valence-electron chi connectivity index (χ3n) is 4.39. The van der Waals surface area contributed by atoms with Crippen LogP contribution in [0.2, 0.25) is 0 Å². The Balaban J connectivity index is 1.68. The average Bonchev–Trinajstić information content (AvgIpc) is 2.64. The summed E-state index contributed by atoms with van der Waals surface area (Å²) in [4.78, 5) is 32.1. The first-order valence-corrected chi connectivity index (χ1v) is 8.36. The van der Waals surface area contributed by atoms with E-state index in [4.69, 9.17) is 0 Å². The molecule has 0 unspecified atom stereocenters. The van der Waals surface area contributed by atoms with Crippen molar-refractivity contribution >= 4 is 23.2 Å². The lowest BCUT2D eigenvalue weighted by molar-refractivity contribution is -0.129. The fourth-order valence-corrected chi connectivity index (χ4v) is 2.84. The van der Waals surface area contributed by atoms with Gasteiger partial charge in [-0.3, -0.25) is 14.6 Å². The third-order valence-corrected chi connectivity index (χ3v) is 4.39. The van der Waals surface area contributed by atoms with Crippen molar-refractivity contribution in [2.45, 2.75) is 13.8 Å². The number of aromatic nitrogens is 1. The minimum absolute atomic E-state index is 0.101. The minimum atomic E-state index is -0.180. The molecule has 1 aromatic carbocycles. The summed E-state index contributed by atoms with van der Waals surface area (Å²) in [7, 11) is 0. The van der Waals surface area contributed by atoms with Crippen LogP contribution < -0.4 is 10.2 Å². The van der Waals surface area contributed by atoms with E-state index in [-0.39, 0.29) is 11.8 Å². The van der Waals surface area contributed by atoms with Crippen LogP contribution in [0.5, 0.6) is 0 Å². The Hall–Kier alpha value is -2.89. The second-order valence-corrected chi connectivity index (χ2v) is 6.25. The number of amides is 2. The van der Waals surface area contributed by atoms with Crippen molar-refractivity contribution < 1.29 is 9.59 Å². The van der Waals surface area contributed by atoms with Gasteiger partial charge < -0.3 is 15.1 Å². The van der Waals surface area contributed by atoms with Gasteiger partial charge in [0.05, 0.1) is 17.4 Å². The van der Waals surface area contributed by atoms with E-state index in [1.807, 2.05) is 42.2 Å². The lowest BCUT2D eigenvalue weighted by atomic mass is 10.2. The summed E-state index contributed by atoms with van der Waals surface area (Å²) in [6, 6.07) is 9.52. The van der Waals surface area contributed by atoms with E-state index < -0.39 is 0 Å². The van der Waals surface area contributed by atoms with Gasteiger partial charge in [0.2, 0.25) is 5.91 Å². The second kappa shape index (κ2) is 7.34. The summed E-state index contributed by atoms with van der Waals surface area (Å²) in [6.07, 6.45) is 3.32. The van der Waals surface area contributed by atoms with Gasteiger partial charge in [-0.15, -0.1) is 0 Å². The SMILES string of the molecule is CC(=O)N1CCN(c2cncc(C(=O)Nc3ccc(C)cc3)c2)CC1. The maximum absolute atomic E-state index is 12.5. The molecule has 0 atom stereocenters. The molecule has 6 heteroatoms. The topological polar surface area (TPSA) is 65.5 Å². The maximum Gasteiger partial charge on any atom is 0.257 e. The van der Waals surface area contributed by atoms with Gasteiger partial charge in [-0.05, 0) is 25.1 Å². The van der Waals surface area contributed by atoms with Crippen LogP contribution in [-0.2, 0) is 4.79 Å². The average molecular weight is 338 g/mol. The van der Waals surface area contributed by atoms with E-state index in [1.165, 1.54) is 0 Å². The number of carbonyl (C=O) groups is 2. The Morgan fingerprint density at radius 1 is 1.04 bits per heavy atom. The van der Waals surface area contributed by atoms with Crippen LogP contribution in [0.1, 0.15) is 22.8 Å². The third kappa shape index (κ3) is 4.15. The van der Waals surface area contributed by atoms with Gasteiger partial charge in [0.1, 0.15) is 0 Å². The monoisotopic (exact) mass is 338 g/mol. The summed E-state index contributed by atoms with van der Waals surface area (Å²) < 4.78 is 0. The second-order valence-electron chi connectivity index (χ2n) is 6.25. The van der Waals surface area contributed by atoms with Crippen molar-refractivity contribution in [1.82, 2.24) is 9.88 Å². The van der Waals surface area contributed by atoms with Gasteiger partial charge in [0.15, 0.2) is 0 Å². The van der Waals surface area contributed by atoms with Crippen LogP contribution in [0.3, 0.4) is 0 Å². The first-order valence-electron chi connectivity index (χ1n) is 8.36. The molecule has 1 saturated heterocycles. The molecule has 0 radical (unpaired) electrons. The molecule has 1 N–H and O–H groups in total. The Morgan fingerprint density at radius 2 is 1.72 bits per heavy atom. The highest BCUT2D eigenvalue weighted by Crippen LogP contribution is 2.18. The van der Waals surface area contributed by atoms with Crippen LogP contribution in [0.25, 0.3) is 0 Å². The number of hydrogen-bond donors (Lipinski definition) is 1. The summed E-state index contributed by atoms with van der Waals surface area (Å²) in [6.45, 7) is 6.46. The molecule has 2 heterocycles. The molecule has 0 bridgehead atoms. The van der Waals surface area contributed by atoms with E-state index in [9.17, 15) is 9.59 Å². The molecule has 2 amide bonds. The van der Waals surface area contributed by atoms with E-state index in [2.05, 4.69) is 15.2 Å². The fraction of sp³-hybridized carbons (Fsp3) is 0.316. The lowest BCUT2D eigenvalue weighted by Crippen LogP contribution is -2.48. The summed E-state index contributed by atoms with van der Waals surface area (Å²) in [5.74, 6) is -0.0791. The highest BCUT2D eigenvalue weighted by molar-refractivity contribution is 6.04. The van der Waals surface area contributed by atoms with Crippen LogP contribution in [0.15, 0.2) is 42.7 Å². The molecule has 0 saturated carbocycles. The van der Waals surface area contributed by atoms with Crippen molar-refractivity contribution in [1.29, 1.82) is 0 Å². The first-order chi connectivity index (χ1) is 12.0. The minimum Gasteiger partial charge on any atom is -0.367 e. The van der Waals surface area contributed by atoms with Crippen LogP contribution in [-0.4, -0.2) is 47.9 Å². The molecule has 130 valence electrons. The zero-order valence-electron chi connectivity index (χ0n) is 14.5. The van der Waals surface area contributed by atoms with Crippen molar-refractivity contribution in [2.24, 2.45) is 0 Å². The standard InChI is InChI=1S/C19H22N4O2/c1-14-3-5-17(6-4-14)21-19(25)16-11-18(13-20-12-16)23-9-7-22(8-10-23)15(2)24/h3-6,11-13H,7-10H2,1-2H3,(H,21,25). The smallest absolute Gasteiger partial charge is 0.257 e. The molecule has 2 aromatic rings. The number of carbonyl (C=O) groups excluding carboxylic acids is 2. The Morgan fingerprint density at radius 3 is 2.36 bits per heavy atom. The Kier molecular flexibility index (Phi) is 4.97. The number of piperazine rings is 1. The van der Waals surface area contributed by atoms with E-state index in [0.29, 0.717) is 18.7 Å². The number of rotatable bonds is 3.